The summed E-state index contributed by atoms with van der Waals surface area (Å²) < 4.78 is 7.31. The Kier molecular flexibility index (Phi) is 4.21. The van der Waals surface area contributed by atoms with E-state index in [0.717, 1.165) is 10.7 Å². The highest BCUT2D eigenvalue weighted by atomic mass is 32.1. The molecule has 5 nitrogen and oxygen atoms in total. The van der Waals surface area contributed by atoms with E-state index in [2.05, 4.69) is 24.1 Å². The van der Waals surface area contributed by atoms with Crippen molar-refractivity contribution >= 4 is 16.3 Å². The summed E-state index contributed by atoms with van der Waals surface area (Å²) in [7, 11) is 1.63. The lowest BCUT2D eigenvalue weighted by Crippen LogP contribution is -2.36. The van der Waals surface area contributed by atoms with Crippen molar-refractivity contribution in [2.24, 2.45) is 5.92 Å². The Hall–Kier alpha value is -1.11. The van der Waals surface area contributed by atoms with Gasteiger partial charge >= 0.3 is 0 Å². The molecule has 0 radical (unpaired) electrons. The molecule has 18 heavy (non-hydrogen) atoms. The van der Waals surface area contributed by atoms with Gasteiger partial charge in [-0.05, 0) is 5.92 Å². The lowest BCUT2D eigenvalue weighted by atomic mass is 10.1. The van der Waals surface area contributed by atoms with Gasteiger partial charge < -0.3 is 15.2 Å². The van der Waals surface area contributed by atoms with Crippen molar-refractivity contribution in [1.29, 1.82) is 0 Å². The first kappa shape index (κ1) is 13.3. The minimum Gasteiger partial charge on any atom is -0.480 e. The molecule has 0 aliphatic rings. The number of aliphatic hydroxyl groups excluding tert-OH is 1. The van der Waals surface area contributed by atoms with Crippen molar-refractivity contribution in [3.05, 3.63) is 17.3 Å². The zero-order valence-corrected chi connectivity index (χ0v) is 11.7. The molecule has 1 unspecified atom stereocenters. The van der Waals surface area contributed by atoms with Crippen LogP contribution in [0.2, 0.25) is 0 Å². The van der Waals surface area contributed by atoms with Crippen LogP contribution in [0.25, 0.3) is 4.96 Å². The van der Waals surface area contributed by atoms with Gasteiger partial charge in [0.1, 0.15) is 5.69 Å². The standard InChI is InChI=1S/C12H19N3O2S/c1-8(2)9(7-16)13-6-10-11(17-3)14-12-15(10)4-5-18-12/h4-5,8-9,13,16H,6-7H2,1-3H3. The van der Waals surface area contributed by atoms with Crippen LogP contribution in [0.4, 0.5) is 0 Å². The lowest BCUT2D eigenvalue weighted by Gasteiger charge is -2.19. The molecule has 0 fully saturated rings. The minimum absolute atomic E-state index is 0.0823. The molecule has 0 amide bonds. The Morgan fingerprint density at radius 1 is 1.56 bits per heavy atom. The van der Waals surface area contributed by atoms with Gasteiger partial charge in [-0.2, -0.15) is 4.98 Å². The van der Waals surface area contributed by atoms with Crippen molar-refractivity contribution in [2.75, 3.05) is 13.7 Å². The van der Waals surface area contributed by atoms with Crippen LogP contribution < -0.4 is 10.1 Å². The highest BCUT2D eigenvalue weighted by Crippen LogP contribution is 2.23. The first-order chi connectivity index (χ1) is 8.67. The Labute approximate surface area is 110 Å². The van der Waals surface area contributed by atoms with E-state index in [4.69, 9.17) is 4.74 Å². The molecule has 0 spiro atoms. The van der Waals surface area contributed by atoms with Gasteiger partial charge in [-0.3, -0.25) is 4.40 Å². The van der Waals surface area contributed by atoms with Crippen molar-refractivity contribution in [3.63, 3.8) is 0 Å². The van der Waals surface area contributed by atoms with Gasteiger partial charge in [0.15, 0.2) is 4.96 Å². The Balaban J connectivity index is 2.17. The monoisotopic (exact) mass is 269 g/mol. The molecule has 6 heteroatoms. The second-order valence-electron chi connectivity index (χ2n) is 4.54. The fourth-order valence-electron chi connectivity index (χ4n) is 1.88. The zero-order valence-electron chi connectivity index (χ0n) is 10.9. The summed E-state index contributed by atoms with van der Waals surface area (Å²) >= 11 is 1.58. The van der Waals surface area contributed by atoms with Crippen LogP contribution in [0.5, 0.6) is 5.88 Å². The number of aromatic nitrogens is 2. The number of fused-ring (bicyclic) bond motifs is 1. The van der Waals surface area contributed by atoms with E-state index in [1.807, 2.05) is 16.0 Å². The van der Waals surface area contributed by atoms with Crippen LogP contribution in [-0.2, 0) is 6.54 Å². The highest BCUT2D eigenvalue weighted by molar-refractivity contribution is 7.15. The smallest absolute Gasteiger partial charge is 0.237 e. The molecule has 1 atom stereocenters. The second-order valence-corrected chi connectivity index (χ2v) is 5.41. The van der Waals surface area contributed by atoms with Gasteiger partial charge in [0, 0.05) is 24.2 Å². The summed E-state index contributed by atoms with van der Waals surface area (Å²) in [5, 5.41) is 14.6. The molecule has 0 saturated carbocycles. The topological polar surface area (TPSA) is 58.8 Å². The number of imidazole rings is 1. The van der Waals surface area contributed by atoms with E-state index in [9.17, 15) is 5.11 Å². The van der Waals surface area contributed by atoms with Gasteiger partial charge in [-0.25, -0.2) is 0 Å². The molecule has 0 aliphatic heterocycles. The Morgan fingerprint density at radius 3 is 2.94 bits per heavy atom. The quantitative estimate of drug-likeness (QED) is 0.834. The molecule has 2 rings (SSSR count). The fraction of sp³-hybridized carbons (Fsp3) is 0.583. The Morgan fingerprint density at radius 2 is 2.33 bits per heavy atom. The first-order valence-electron chi connectivity index (χ1n) is 6.00. The van der Waals surface area contributed by atoms with Crippen molar-refractivity contribution in [3.8, 4) is 5.88 Å². The summed E-state index contributed by atoms with van der Waals surface area (Å²) in [5.41, 5.74) is 0.993. The molecular formula is C12H19N3O2S. The maximum Gasteiger partial charge on any atom is 0.237 e. The fourth-order valence-corrected chi connectivity index (χ4v) is 2.60. The van der Waals surface area contributed by atoms with E-state index in [0.29, 0.717) is 18.3 Å². The number of aliphatic hydroxyl groups is 1. The van der Waals surface area contributed by atoms with E-state index in [1.54, 1.807) is 18.4 Å². The first-order valence-corrected chi connectivity index (χ1v) is 6.88. The second kappa shape index (κ2) is 5.69. The third-order valence-corrected chi connectivity index (χ3v) is 3.81. The molecule has 0 saturated heterocycles. The summed E-state index contributed by atoms with van der Waals surface area (Å²) in [5.74, 6) is 1.03. The van der Waals surface area contributed by atoms with Gasteiger partial charge in [-0.15, -0.1) is 11.3 Å². The van der Waals surface area contributed by atoms with Gasteiger partial charge in [-0.1, -0.05) is 13.8 Å². The van der Waals surface area contributed by atoms with Crippen LogP contribution in [0, 0.1) is 5.92 Å². The average Bonchev–Trinajstić information content (AvgIpc) is 2.90. The SMILES string of the molecule is COc1nc2sccn2c1CNC(CO)C(C)C. The number of nitrogens with zero attached hydrogens (tertiary/aromatic N) is 2. The molecule has 2 heterocycles. The third kappa shape index (κ3) is 2.50. The number of nitrogens with one attached hydrogen (secondary N) is 1. The van der Waals surface area contributed by atoms with E-state index in [1.165, 1.54) is 0 Å². The number of hydrogen-bond acceptors (Lipinski definition) is 5. The normalized spacial score (nSPS) is 13.4. The molecular weight excluding hydrogens is 250 g/mol. The summed E-state index contributed by atoms with van der Waals surface area (Å²) in [4.78, 5) is 5.32. The number of thiazole rings is 1. The summed E-state index contributed by atoms with van der Waals surface area (Å²) in [6.45, 7) is 4.93. The molecule has 2 aromatic rings. The summed E-state index contributed by atoms with van der Waals surface area (Å²) in [6, 6.07) is 0.0823. The van der Waals surface area contributed by atoms with Crippen LogP contribution in [-0.4, -0.2) is 34.2 Å². The van der Waals surface area contributed by atoms with E-state index < -0.39 is 0 Å². The molecule has 2 N–H and O–H groups in total. The number of ether oxygens (including phenoxy) is 1. The molecule has 100 valence electrons. The molecule has 0 aliphatic carbocycles. The van der Waals surface area contributed by atoms with Gasteiger partial charge in [0.25, 0.3) is 0 Å². The molecule has 0 aromatic carbocycles. The van der Waals surface area contributed by atoms with Crippen LogP contribution >= 0.6 is 11.3 Å². The number of hydrogen-bond donors (Lipinski definition) is 2. The average molecular weight is 269 g/mol. The Bertz CT molecular complexity index is 506. The van der Waals surface area contributed by atoms with Crippen LogP contribution in [0.15, 0.2) is 11.6 Å². The largest absolute Gasteiger partial charge is 0.480 e. The molecule has 0 bridgehead atoms. The van der Waals surface area contributed by atoms with E-state index in [-0.39, 0.29) is 12.6 Å². The maximum absolute atomic E-state index is 9.31. The zero-order chi connectivity index (χ0) is 13.1. The number of rotatable bonds is 6. The van der Waals surface area contributed by atoms with Crippen molar-refractivity contribution in [2.45, 2.75) is 26.4 Å². The highest BCUT2D eigenvalue weighted by Gasteiger charge is 2.16. The maximum atomic E-state index is 9.31. The predicted molar refractivity (Wildman–Crippen MR) is 72.2 cm³/mol. The third-order valence-electron chi connectivity index (χ3n) is 3.05. The van der Waals surface area contributed by atoms with Gasteiger partial charge in [0.05, 0.1) is 13.7 Å². The lowest BCUT2D eigenvalue weighted by molar-refractivity contribution is 0.209. The van der Waals surface area contributed by atoms with Gasteiger partial charge in [0.2, 0.25) is 5.88 Å². The van der Waals surface area contributed by atoms with Crippen LogP contribution in [0.3, 0.4) is 0 Å². The molecule has 2 aromatic heterocycles. The number of methoxy groups -OCH3 is 1. The van der Waals surface area contributed by atoms with Crippen molar-refractivity contribution in [1.82, 2.24) is 14.7 Å². The predicted octanol–water partition coefficient (Wildman–Crippen LogP) is 1.51. The van der Waals surface area contributed by atoms with Crippen molar-refractivity contribution < 1.29 is 9.84 Å². The van der Waals surface area contributed by atoms with E-state index >= 15 is 0 Å². The summed E-state index contributed by atoms with van der Waals surface area (Å²) in [6.07, 6.45) is 1.98. The minimum atomic E-state index is 0.0823. The van der Waals surface area contributed by atoms with Crippen LogP contribution in [0.1, 0.15) is 19.5 Å².